The molecule has 1 heterocycles. The summed E-state index contributed by atoms with van der Waals surface area (Å²) in [7, 11) is 0. The van der Waals surface area contributed by atoms with Crippen molar-refractivity contribution >= 4 is 11.9 Å². The van der Waals surface area contributed by atoms with Gasteiger partial charge in [-0.15, -0.1) is 0 Å². The van der Waals surface area contributed by atoms with Crippen LogP contribution >= 0.6 is 0 Å². The molecule has 0 saturated carbocycles. The molecule has 0 atom stereocenters. The topological polar surface area (TPSA) is 43.4 Å². The first kappa shape index (κ1) is 11.8. The molecule has 1 fully saturated rings. The molecule has 1 aromatic carbocycles. The van der Waals surface area contributed by atoms with E-state index in [4.69, 9.17) is 0 Å². The summed E-state index contributed by atoms with van der Waals surface area (Å²) in [4.78, 5) is 22.6. The quantitative estimate of drug-likeness (QED) is 0.581. The second-order valence-corrected chi connectivity index (χ2v) is 5.04. The molecule has 0 bridgehead atoms. The summed E-state index contributed by atoms with van der Waals surface area (Å²) in [6, 6.07) is 9.97. The lowest BCUT2D eigenvalue weighted by atomic mass is 9.70. The number of ether oxygens (including phenoxy) is 1. The number of carbonyl (C=O) groups is 2. The molecule has 1 aromatic rings. The van der Waals surface area contributed by atoms with Gasteiger partial charge in [0.15, 0.2) is 0 Å². The summed E-state index contributed by atoms with van der Waals surface area (Å²) in [5, 5.41) is 0. The van der Waals surface area contributed by atoms with Crippen LogP contribution in [0.2, 0.25) is 0 Å². The van der Waals surface area contributed by atoms with Gasteiger partial charge in [-0.1, -0.05) is 44.2 Å². The first-order valence-corrected chi connectivity index (χ1v) is 5.79. The van der Waals surface area contributed by atoms with E-state index in [9.17, 15) is 9.59 Å². The fraction of sp³-hybridized carbons (Fsp3) is 0.429. The van der Waals surface area contributed by atoms with E-state index < -0.39 is 11.9 Å². The van der Waals surface area contributed by atoms with Crippen LogP contribution in [0, 0.1) is 5.92 Å². The van der Waals surface area contributed by atoms with Gasteiger partial charge in [0, 0.05) is 0 Å². The largest absolute Gasteiger partial charge is 0.393 e. The molecule has 1 aliphatic heterocycles. The van der Waals surface area contributed by atoms with Gasteiger partial charge in [-0.25, -0.2) is 0 Å². The minimum atomic E-state index is -0.407. The summed E-state index contributed by atoms with van der Waals surface area (Å²) >= 11 is 0. The van der Waals surface area contributed by atoms with Crippen molar-refractivity contribution in [1.82, 2.24) is 0 Å². The molecule has 0 spiro atoms. The smallest absolute Gasteiger partial charge is 0.313 e. The van der Waals surface area contributed by atoms with E-state index in [2.05, 4.69) is 18.6 Å². The normalized spacial score (nSPS) is 18.0. The SMILES string of the molecule is CC(C)(c1ccccc1)C1CC(=O)OC(=O)C1. The Kier molecular flexibility index (Phi) is 3.01. The number of hydrogen-bond donors (Lipinski definition) is 0. The lowest BCUT2D eigenvalue weighted by Crippen LogP contribution is -2.37. The number of rotatable bonds is 2. The third-order valence-corrected chi connectivity index (χ3v) is 3.59. The third kappa shape index (κ3) is 2.38. The van der Waals surface area contributed by atoms with Crippen LogP contribution in [0.15, 0.2) is 30.3 Å². The maximum Gasteiger partial charge on any atom is 0.313 e. The predicted octanol–water partition coefficient (Wildman–Crippen LogP) is 2.44. The number of cyclic esters (lactones) is 2. The van der Waals surface area contributed by atoms with Crippen molar-refractivity contribution < 1.29 is 14.3 Å². The molecule has 0 unspecified atom stereocenters. The summed E-state index contributed by atoms with van der Waals surface area (Å²) in [6.45, 7) is 4.14. The molecular weight excluding hydrogens is 216 g/mol. The van der Waals surface area contributed by atoms with Crippen LogP contribution in [-0.2, 0) is 19.7 Å². The van der Waals surface area contributed by atoms with Gasteiger partial charge in [0.2, 0.25) is 0 Å². The Balaban J connectivity index is 2.26. The molecule has 0 aromatic heterocycles. The second-order valence-electron chi connectivity index (χ2n) is 5.04. The van der Waals surface area contributed by atoms with Crippen LogP contribution in [0.3, 0.4) is 0 Å². The van der Waals surface area contributed by atoms with Crippen molar-refractivity contribution in [2.45, 2.75) is 32.1 Å². The van der Waals surface area contributed by atoms with Gasteiger partial charge in [-0.2, -0.15) is 0 Å². The van der Waals surface area contributed by atoms with E-state index in [1.807, 2.05) is 30.3 Å². The molecule has 17 heavy (non-hydrogen) atoms. The monoisotopic (exact) mass is 232 g/mol. The van der Waals surface area contributed by atoms with E-state index in [0.29, 0.717) is 12.8 Å². The van der Waals surface area contributed by atoms with Gasteiger partial charge in [-0.3, -0.25) is 9.59 Å². The number of carbonyl (C=O) groups excluding carboxylic acids is 2. The molecule has 0 radical (unpaired) electrons. The standard InChI is InChI=1S/C14H16O3/c1-14(2,10-6-4-3-5-7-10)11-8-12(15)17-13(16)9-11/h3-7,11H,8-9H2,1-2H3. The molecule has 0 aliphatic carbocycles. The fourth-order valence-electron chi connectivity index (χ4n) is 2.30. The van der Waals surface area contributed by atoms with Crippen LogP contribution in [0.25, 0.3) is 0 Å². The van der Waals surface area contributed by atoms with E-state index >= 15 is 0 Å². The van der Waals surface area contributed by atoms with E-state index in [1.165, 1.54) is 0 Å². The minimum absolute atomic E-state index is 0.0126. The van der Waals surface area contributed by atoms with Crippen LogP contribution < -0.4 is 0 Å². The highest BCUT2D eigenvalue weighted by Crippen LogP contribution is 2.38. The van der Waals surface area contributed by atoms with Gasteiger partial charge in [0.05, 0.1) is 12.8 Å². The molecule has 90 valence electrons. The van der Waals surface area contributed by atoms with Crippen LogP contribution in [-0.4, -0.2) is 11.9 Å². The van der Waals surface area contributed by atoms with E-state index in [-0.39, 0.29) is 11.3 Å². The summed E-state index contributed by atoms with van der Waals surface area (Å²) in [6.07, 6.45) is 0.626. The van der Waals surface area contributed by atoms with E-state index in [0.717, 1.165) is 5.56 Å². The fourth-order valence-corrected chi connectivity index (χ4v) is 2.30. The van der Waals surface area contributed by atoms with Crippen molar-refractivity contribution in [2.24, 2.45) is 5.92 Å². The zero-order chi connectivity index (χ0) is 12.5. The zero-order valence-corrected chi connectivity index (χ0v) is 10.1. The average Bonchev–Trinajstić information content (AvgIpc) is 2.29. The van der Waals surface area contributed by atoms with Gasteiger partial charge in [-0.05, 0) is 16.9 Å². The Morgan fingerprint density at radius 3 is 2.12 bits per heavy atom. The molecule has 0 amide bonds. The van der Waals surface area contributed by atoms with Crippen LogP contribution in [0.4, 0.5) is 0 Å². The van der Waals surface area contributed by atoms with Gasteiger partial charge >= 0.3 is 11.9 Å². The second kappa shape index (κ2) is 4.32. The zero-order valence-electron chi connectivity index (χ0n) is 10.1. The van der Waals surface area contributed by atoms with Gasteiger partial charge < -0.3 is 4.74 Å². The van der Waals surface area contributed by atoms with Crippen molar-refractivity contribution in [1.29, 1.82) is 0 Å². The molecule has 3 nitrogen and oxygen atoms in total. The van der Waals surface area contributed by atoms with Crippen LogP contribution in [0.1, 0.15) is 32.3 Å². The average molecular weight is 232 g/mol. The maximum absolute atomic E-state index is 11.3. The highest BCUT2D eigenvalue weighted by molar-refractivity contribution is 5.88. The number of benzene rings is 1. The lowest BCUT2D eigenvalue weighted by Gasteiger charge is -2.35. The minimum Gasteiger partial charge on any atom is -0.393 e. The Labute approximate surface area is 101 Å². The Morgan fingerprint density at radius 1 is 1.06 bits per heavy atom. The van der Waals surface area contributed by atoms with Crippen LogP contribution in [0.5, 0.6) is 0 Å². The molecule has 0 N–H and O–H groups in total. The van der Waals surface area contributed by atoms with Gasteiger partial charge in [0.1, 0.15) is 0 Å². The van der Waals surface area contributed by atoms with Crippen molar-refractivity contribution in [3.63, 3.8) is 0 Å². The summed E-state index contributed by atoms with van der Waals surface area (Å²) in [5.74, 6) is -0.802. The first-order chi connectivity index (χ1) is 8.00. The molecule has 1 saturated heterocycles. The Hall–Kier alpha value is -1.64. The van der Waals surface area contributed by atoms with Crippen molar-refractivity contribution in [2.75, 3.05) is 0 Å². The van der Waals surface area contributed by atoms with E-state index in [1.54, 1.807) is 0 Å². The first-order valence-electron chi connectivity index (χ1n) is 5.79. The highest BCUT2D eigenvalue weighted by Gasteiger charge is 2.38. The summed E-state index contributed by atoms with van der Waals surface area (Å²) < 4.78 is 4.57. The molecule has 1 aliphatic rings. The molecule has 3 heteroatoms. The Morgan fingerprint density at radius 2 is 1.59 bits per heavy atom. The molecular formula is C14H16O3. The number of hydrogen-bond acceptors (Lipinski definition) is 3. The van der Waals surface area contributed by atoms with Crippen molar-refractivity contribution in [3.8, 4) is 0 Å². The Bertz CT molecular complexity index is 418. The maximum atomic E-state index is 11.3. The highest BCUT2D eigenvalue weighted by atomic mass is 16.6. The predicted molar refractivity (Wildman–Crippen MR) is 63.3 cm³/mol. The molecule has 2 rings (SSSR count). The van der Waals surface area contributed by atoms with Gasteiger partial charge in [0.25, 0.3) is 0 Å². The summed E-state index contributed by atoms with van der Waals surface area (Å²) in [5.41, 5.74) is 0.948. The van der Waals surface area contributed by atoms with Crippen molar-refractivity contribution in [3.05, 3.63) is 35.9 Å². The lowest BCUT2D eigenvalue weighted by molar-refractivity contribution is -0.166. The number of esters is 2. The third-order valence-electron chi connectivity index (χ3n) is 3.59.